The highest BCUT2D eigenvalue weighted by molar-refractivity contribution is 5.95. The Bertz CT molecular complexity index is 471. The summed E-state index contributed by atoms with van der Waals surface area (Å²) in [4.78, 5) is 14.3. The molecule has 2 N–H and O–H groups in total. The quantitative estimate of drug-likeness (QED) is 0.832. The molecule has 0 bridgehead atoms. The first kappa shape index (κ1) is 14.7. The number of aliphatic hydroxyl groups is 1. The first-order valence-electron chi connectivity index (χ1n) is 6.96. The minimum Gasteiger partial charge on any atom is -0.504 e. The van der Waals surface area contributed by atoms with E-state index in [1.54, 1.807) is 17.0 Å². The van der Waals surface area contributed by atoms with E-state index in [1.807, 2.05) is 0 Å². The van der Waals surface area contributed by atoms with Crippen LogP contribution in [0.3, 0.4) is 0 Å². The van der Waals surface area contributed by atoms with Crippen LogP contribution in [0.5, 0.6) is 11.5 Å². The van der Waals surface area contributed by atoms with E-state index in [2.05, 4.69) is 0 Å². The molecule has 0 aromatic heterocycles. The van der Waals surface area contributed by atoms with Gasteiger partial charge >= 0.3 is 0 Å². The molecule has 5 heteroatoms. The molecule has 0 aliphatic heterocycles. The normalized spacial score (nSPS) is 14.7. The minimum atomic E-state index is -0.0962. The van der Waals surface area contributed by atoms with Gasteiger partial charge < -0.3 is 19.8 Å². The lowest BCUT2D eigenvalue weighted by Gasteiger charge is -2.37. The van der Waals surface area contributed by atoms with Crippen molar-refractivity contribution in [1.82, 2.24) is 4.90 Å². The van der Waals surface area contributed by atoms with E-state index in [4.69, 9.17) is 9.84 Å². The van der Waals surface area contributed by atoms with Gasteiger partial charge in [0.15, 0.2) is 11.5 Å². The molecule has 1 aromatic rings. The number of benzene rings is 1. The summed E-state index contributed by atoms with van der Waals surface area (Å²) < 4.78 is 4.98. The summed E-state index contributed by atoms with van der Waals surface area (Å²) in [5.74, 6) is 0.224. The molecule has 1 fully saturated rings. The van der Waals surface area contributed by atoms with Crippen molar-refractivity contribution in [2.75, 3.05) is 20.3 Å². The minimum absolute atomic E-state index is 0.0333. The van der Waals surface area contributed by atoms with Crippen molar-refractivity contribution in [2.45, 2.75) is 31.7 Å². The number of hydrogen-bond donors (Lipinski definition) is 2. The van der Waals surface area contributed by atoms with Gasteiger partial charge in [0.25, 0.3) is 5.91 Å². The first-order valence-corrected chi connectivity index (χ1v) is 6.96. The number of phenolic OH excluding ortho intramolecular Hbond substituents is 1. The lowest BCUT2D eigenvalue weighted by Crippen LogP contribution is -2.44. The summed E-state index contributed by atoms with van der Waals surface area (Å²) in [7, 11) is 1.47. The van der Waals surface area contributed by atoms with Crippen LogP contribution in [0.2, 0.25) is 0 Å². The van der Waals surface area contributed by atoms with E-state index >= 15 is 0 Å². The van der Waals surface area contributed by atoms with Crippen LogP contribution in [0.15, 0.2) is 18.2 Å². The van der Waals surface area contributed by atoms with Gasteiger partial charge in [0.1, 0.15) is 0 Å². The van der Waals surface area contributed by atoms with E-state index < -0.39 is 0 Å². The summed E-state index contributed by atoms with van der Waals surface area (Å²) in [5, 5.41) is 18.7. The second-order valence-corrected chi connectivity index (χ2v) is 5.05. The van der Waals surface area contributed by atoms with Crippen LogP contribution in [0.1, 0.15) is 36.0 Å². The Kier molecular flexibility index (Phi) is 4.84. The average Bonchev–Trinajstić information content (AvgIpc) is 2.40. The van der Waals surface area contributed by atoms with Gasteiger partial charge in [0.2, 0.25) is 0 Å². The fourth-order valence-corrected chi connectivity index (χ4v) is 2.38. The summed E-state index contributed by atoms with van der Waals surface area (Å²) >= 11 is 0. The van der Waals surface area contributed by atoms with Crippen molar-refractivity contribution in [1.29, 1.82) is 0 Å². The van der Waals surface area contributed by atoms with Crippen LogP contribution < -0.4 is 4.74 Å². The largest absolute Gasteiger partial charge is 0.504 e. The number of ether oxygens (including phenoxy) is 1. The molecule has 1 aliphatic carbocycles. The Morgan fingerprint density at radius 1 is 1.45 bits per heavy atom. The maximum Gasteiger partial charge on any atom is 0.254 e. The lowest BCUT2D eigenvalue weighted by molar-refractivity contribution is 0.0562. The summed E-state index contributed by atoms with van der Waals surface area (Å²) in [6.07, 6.45) is 3.74. The zero-order valence-electron chi connectivity index (χ0n) is 11.7. The number of aliphatic hydroxyl groups excluding tert-OH is 1. The monoisotopic (exact) mass is 279 g/mol. The van der Waals surface area contributed by atoms with Gasteiger partial charge in [-0.05, 0) is 43.9 Å². The number of nitrogens with zero attached hydrogens (tertiary/aromatic N) is 1. The Labute approximate surface area is 118 Å². The molecule has 1 aliphatic rings. The fraction of sp³-hybridized carbons (Fsp3) is 0.533. The third-order valence-corrected chi connectivity index (χ3v) is 3.76. The van der Waals surface area contributed by atoms with Crippen molar-refractivity contribution in [3.8, 4) is 11.5 Å². The maximum absolute atomic E-state index is 12.5. The smallest absolute Gasteiger partial charge is 0.254 e. The van der Waals surface area contributed by atoms with Gasteiger partial charge in [-0.15, -0.1) is 0 Å². The molecular weight excluding hydrogens is 258 g/mol. The Morgan fingerprint density at radius 2 is 2.20 bits per heavy atom. The number of carbonyl (C=O) groups is 1. The van der Waals surface area contributed by atoms with E-state index in [0.29, 0.717) is 24.3 Å². The molecule has 2 rings (SSSR count). The molecule has 1 aromatic carbocycles. The first-order chi connectivity index (χ1) is 9.67. The second kappa shape index (κ2) is 6.61. The molecule has 1 amide bonds. The van der Waals surface area contributed by atoms with Gasteiger partial charge in [-0.1, -0.05) is 0 Å². The van der Waals surface area contributed by atoms with Crippen LogP contribution in [0.4, 0.5) is 0 Å². The molecule has 20 heavy (non-hydrogen) atoms. The predicted molar refractivity (Wildman–Crippen MR) is 75.0 cm³/mol. The Morgan fingerprint density at radius 3 is 2.70 bits per heavy atom. The van der Waals surface area contributed by atoms with Crippen LogP contribution in [-0.2, 0) is 0 Å². The van der Waals surface area contributed by atoms with Crippen molar-refractivity contribution >= 4 is 5.91 Å². The number of rotatable bonds is 6. The molecule has 0 spiro atoms. The highest BCUT2D eigenvalue weighted by Gasteiger charge is 2.29. The molecule has 0 atom stereocenters. The third kappa shape index (κ3) is 3.04. The molecule has 0 radical (unpaired) electrons. The standard InChI is InChI=1S/C15H21NO4/c1-20-14-7-6-11(10-13(14)18)15(19)16(8-3-9-17)12-4-2-5-12/h6-7,10,12,17-18H,2-5,8-9H2,1H3. The lowest BCUT2D eigenvalue weighted by atomic mass is 9.90. The van der Waals surface area contributed by atoms with Crippen molar-refractivity contribution in [3.05, 3.63) is 23.8 Å². The summed E-state index contributed by atoms with van der Waals surface area (Å²) in [6, 6.07) is 4.95. The van der Waals surface area contributed by atoms with Gasteiger partial charge in [-0.25, -0.2) is 0 Å². The number of phenols is 1. The number of aromatic hydroxyl groups is 1. The summed E-state index contributed by atoms with van der Waals surface area (Å²) in [5.41, 5.74) is 0.452. The molecule has 5 nitrogen and oxygen atoms in total. The Hall–Kier alpha value is -1.75. The van der Waals surface area contributed by atoms with Gasteiger partial charge in [0, 0.05) is 24.8 Å². The molecule has 0 unspecified atom stereocenters. The van der Waals surface area contributed by atoms with Gasteiger partial charge in [-0.2, -0.15) is 0 Å². The van der Waals surface area contributed by atoms with E-state index in [0.717, 1.165) is 19.3 Å². The number of hydrogen-bond acceptors (Lipinski definition) is 4. The molecule has 0 saturated heterocycles. The van der Waals surface area contributed by atoms with Gasteiger partial charge in [0.05, 0.1) is 7.11 Å². The zero-order valence-corrected chi connectivity index (χ0v) is 11.7. The van der Waals surface area contributed by atoms with E-state index in [1.165, 1.54) is 13.2 Å². The van der Waals surface area contributed by atoms with Crippen molar-refractivity contribution in [3.63, 3.8) is 0 Å². The van der Waals surface area contributed by atoms with Crippen LogP contribution >= 0.6 is 0 Å². The number of amides is 1. The second-order valence-electron chi connectivity index (χ2n) is 5.05. The van der Waals surface area contributed by atoms with Crippen molar-refractivity contribution in [2.24, 2.45) is 0 Å². The molecule has 0 heterocycles. The third-order valence-electron chi connectivity index (χ3n) is 3.76. The van der Waals surface area contributed by atoms with Crippen molar-refractivity contribution < 1.29 is 19.7 Å². The average molecular weight is 279 g/mol. The highest BCUT2D eigenvalue weighted by atomic mass is 16.5. The highest BCUT2D eigenvalue weighted by Crippen LogP contribution is 2.30. The SMILES string of the molecule is COc1ccc(C(=O)N(CCCO)C2CCC2)cc1O. The number of methoxy groups -OCH3 is 1. The van der Waals surface area contributed by atoms with E-state index in [9.17, 15) is 9.90 Å². The molecular formula is C15H21NO4. The van der Waals surface area contributed by atoms with Crippen LogP contribution in [0, 0.1) is 0 Å². The fourth-order valence-electron chi connectivity index (χ4n) is 2.38. The van der Waals surface area contributed by atoms with Crippen LogP contribution in [0.25, 0.3) is 0 Å². The van der Waals surface area contributed by atoms with Crippen LogP contribution in [-0.4, -0.2) is 47.3 Å². The predicted octanol–water partition coefficient (Wildman–Crippen LogP) is 1.78. The zero-order chi connectivity index (χ0) is 14.5. The molecule has 1 saturated carbocycles. The molecule has 110 valence electrons. The van der Waals surface area contributed by atoms with E-state index in [-0.39, 0.29) is 24.3 Å². The van der Waals surface area contributed by atoms with Gasteiger partial charge in [-0.3, -0.25) is 4.79 Å². The topological polar surface area (TPSA) is 70.0 Å². The number of carbonyl (C=O) groups excluding carboxylic acids is 1. The Balaban J connectivity index is 2.15. The summed E-state index contributed by atoms with van der Waals surface area (Å²) in [6.45, 7) is 0.622. The maximum atomic E-state index is 12.5.